The van der Waals surface area contributed by atoms with Gasteiger partial charge in [-0.05, 0) is 34.1 Å². The Bertz CT molecular complexity index is 314. The molecule has 1 aromatic rings. The van der Waals surface area contributed by atoms with Gasteiger partial charge in [0, 0.05) is 7.05 Å². The van der Waals surface area contributed by atoms with E-state index in [1.807, 2.05) is 0 Å². The van der Waals surface area contributed by atoms with Crippen LogP contribution in [0, 0.1) is 11.8 Å². The first-order chi connectivity index (χ1) is 5.69. The normalized spacial score (nSPS) is 9.58. The van der Waals surface area contributed by atoms with Crippen LogP contribution in [-0.4, -0.2) is 12.0 Å². The number of pyridine rings is 1. The Balaban J connectivity index is 3.25. The van der Waals surface area contributed by atoms with Gasteiger partial charge in [-0.3, -0.25) is 0 Å². The maximum atomic E-state index is 10.2. The average Bonchev–Trinajstić information content (AvgIpc) is 2.08. The molecule has 0 aliphatic rings. The van der Waals surface area contributed by atoms with Crippen molar-refractivity contribution in [1.82, 2.24) is 4.98 Å². The highest BCUT2D eigenvalue weighted by Gasteiger charge is 2.05. The molecule has 1 heterocycles. The molecular weight excluding hydrogens is 222 g/mol. The van der Waals surface area contributed by atoms with E-state index in [0.717, 1.165) is 4.47 Å². The zero-order chi connectivity index (χ0) is 9.14. The van der Waals surface area contributed by atoms with Gasteiger partial charge in [0.25, 0.3) is 0 Å². The lowest BCUT2D eigenvalue weighted by molar-refractivity contribution is 1.16. The molecule has 64 valence electrons. The summed E-state index contributed by atoms with van der Waals surface area (Å²) >= 11 is 3.26. The van der Waals surface area contributed by atoms with Crippen molar-refractivity contribution in [2.45, 2.75) is 6.92 Å². The minimum absolute atomic E-state index is 0.362. The molecular formula is C7H8BrN3O. The van der Waals surface area contributed by atoms with Crippen molar-refractivity contribution < 1.29 is 0 Å². The van der Waals surface area contributed by atoms with E-state index in [1.54, 1.807) is 20.0 Å². The lowest BCUT2D eigenvalue weighted by Gasteiger charge is -2.04. The molecule has 0 saturated heterocycles. The van der Waals surface area contributed by atoms with Gasteiger partial charge >= 0.3 is 0 Å². The molecule has 0 fully saturated rings. The second-order valence-electron chi connectivity index (χ2n) is 2.26. The van der Waals surface area contributed by atoms with Crippen molar-refractivity contribution in [2.75, 3.05) is 12.4 Å². The fourth-order valence-corrected chi connectivity index (χ4v) is 1.34. The van der Waals surface area contributed by atoms with Crippen LogP contribution in [0.3, 0.4) is 0 Å². The Morgan fingerprint density at radius 1 is 1.67 bits per heavy atom. The summed E-state index contributed by atoms with van der Waals surface area (Å²) in [5, 5.41) is 5.72. The van der Waals surface area contributed by atoms with Crippen LogP contribution in [-0.2, 0) is 0 Å². The molecule has 0 spiro atoms. The molecule has 0 unspecified atom stereocenters. The summed E-state index contributed by atoms with van der Waals surface area (Å²) < 4.78 is 0.741. The van der Waals surface area contributed by atoms with Gasteiger partial charge in [-0.2, -0.15) is 0 Å². The zero-order valence-electron chi connectivity index (χ0n) is 6.76. The van der Waals surface area contributed by atoms with Crippen LogP contribution in [0.15, 0.2) is 15.7 Å². The Kier molecular flexibility index (Phi) is 2.75. The van der Waals surface area contributed by atoms with Crippen LogP contribution in [0.4, 0.5) is 11.5 Å². The summed E-state index contributed by atoms with van der Waals surface area (Å²) in [4.78, 5) is 14.4. The molecule has 0 aliphatic carbocycles. The lowest BCUT2D eigenvalue weighted by atomic mass is 10.3. The van der Waals surface area contributed by atoms with Crippen molar-refractivity contribution in [3.05, 3.63) is 21.1 Å². The van der Waals surface area contributed by atoms with Gasteiger partial charge in [0.05, 0.1) is 10.2 Å². The van der Waals surface area contributed by atoms with Gasteiger partial charge in [0.2, 0.25) is 0 Å². The minimum Gasteiger partial charge on any atom is -0.372 e. The molecule has 0 aromatic carbocycles. The molecule has 0 amide bonds. The first-order valence-electron chi connectivity index (χ1n) is 3.37. The molecule has 4 nitrogen and oxygen atoms in total. The van der Waals surface area contributed by atoms with E-state index in [0.29, 0.717) is 17.2 Å². The zero-order valence-corrected chi connectivity index (χ0v) is 8.34. The summed E-state index contributed by atoms with van der Waals surface area (Å²) in [5.41, 5.74) is 0.985. The number of nitrogens with zero attached hydrogens (tertiary/aromatic N) is 2. The molecule has 1 rings (SSSR count). The molecule has 0 atom stereocenters. The third kappa shape index (κ3) is 1.61. The number of halogens is 1. The highest BCUT2D eigenvalue weighted by molar-refractivity contribution is 9.10. The van der Waals surface area contributed by atoms with Gasteiger partial charge in [-0.25, -0.2) is 4.98 Å². The predicted octanol–water partition coefficient (Wildman–Crippen LogP) is 2.59. The van der Waals surface area contributed by atoms with Crippen LogP contribution < -0.4 is 5.32 Å². The van der Waals surface area contributed by atoms with Gasteiger partial charge in [-0.15, -0.1) is 4.91 Å². The fraction of sp³-hybridized carbons (Fsp3) is 0.286. The minimum atomic E-state index is 0.362. The van der Waals surface area contributed by atoms with Crippen LogP contribution in [0.5, 0.6) is 0 Å². The Morgan fingerprint density at radius 3 is 2.83 bits per heavy atom. The van der Waals surface area contributed by atoms with Gasteiger partial charge in [0.15, 0.2) is 0 Å². The number of aryl methyl sites for hydroxylation is 1. The summed E-state index contributed by atoms with van der Waals surface area (Å²) in [5.74, 6) is 0.708. The van der Waals surface area contributed by atoms with E-state index in [2.05, 4.69) is 31.4 Å². The largest absolute Gasteiger partial charge is 0.372 e. The van der Waals surface area contributed by atoms with Gasteiger partial charge < -0.3 is 5.32 Å². The van der Waals surface area contributed by atoms with Crippen LogP contribution in [0.1, 0.15) is 5.69 Å². The molecule has 0 aliphatic heterocycles. The lowest BCUT2D eigenvalue weighted by Crippen LogP contribution is -1.95. The second-order valence-corrected chi connectivity index (χ2v) is 3.12. The van der Waals surface area contributed by atoms with Gasteiger partial charge in [-0.1, -0.05) is 0 Å². The SMILES string of the molecule is CNc1nc(C)c(N=O)cc1Br. The first-order valence-corrected chi connectivity index (χ1v) is 4.16. The number of aromatic nitrogens is 1. The molecule has 0 saturated carbocycles. The highest BCUT2D eigenvalue weighted by Crippen LogP contribution is 2.27. The molecule has 1 N–H and O–H groups in total. The van der Waals surface area contributed by atoms with Crippen LogP contribution in [0.2, 0.25) is 0 Å². The Labute approximate surface area is 78.5 Å². The van der Waals surface area contributed by atoms with Crippen LogP contribution in [0.25, 0.3) is 0 Å². The summed E-state index contributed by atoms with van der Waals surface area (Å²) in [7, 11) is 1.76. The molecule has 12 heavy (non-hydrogen) atoms. The monoisotopic (exact) mass is 229 g/mol. The van der Waals surface area contributed by atoms with Crippen molar-refractivity contribution in [2.24, 2.45) is 5.18 Å². The van der Waals surface area contributed by atoms with Crippen molar-refractivity contribution >= 4 is 27.4 Å². The van der Waals surface area contributed by atoms with E-state index in [4.69, 9.17) is 0 Å². The van der Waals surface area contributed by atoms with Crippen molar-refractivity contribution in [3.8, 4) is 0 Å². The Hall–Kier alpha value is -0.970. The average molecular weight is 230 g/mol. The molecule has 0 bridgehead atoms. The summed E-state index contributed by atoms with van der Waals surface area (Å²) in [6, 6.07) is 1.64. The molecule has 5 heteroatoms. The quantitative estimate of drug-likeness (QED) is 0.794. The maximum absolute atomic E-state index is 10.2. The smallest absolute Gasteiger partial charge is 0.140 e. The number of rotatable bonds is 2. The predicted molar refractivity (Wildman–Crippen MR) is 51.7 cm³/mol. The van der Waals surface area contributed by atoms with Crippen LogP contribution >= 0.6 is 15.9 Å². The number of nitroso groups, excluding NO2 is 1. The standard InChI is InChI=1S/C7H8BrN3O/c1-4-6(11-12)3-5(8)7(9-2)10-4/h3H,1-2H3,(H,9,10). The maximum Gasteiger partial charge on any atom is 0.140 e. The van der Waals surface area contributed by atoms with E-state index < -0.39 is 0 Å². The summed E-state index contributed by atoms with van der Waals surface area (Å²) in [6.45, 7) is 1.74. The van der Waals surface area contributed by atoms with Crippen molar-refractivity contribution in [1.29, 1.82) is 0 Å². The highest BCUT2D eigenvalue weighted by atomic mass is 79.9. The van der Waals surface area contributed by atoms with Gasteiger partial charge in [0.1, 0.15) is 11.5 Å². The second kappa shape index (κ2) is 3.62. The fourth-order valence-electron chi connectivity index (χ4n) is 0.839. The van der Waals surface area contributed by atoms with E-state index in [-0.39, 0.29) is 0 Å². The number of hydrogen-bond donors (Lipinski definition) is 1. The number of nitrogens with one attached hydrogen (secondary N) is 1. The Morgan fingerprint density at radius 2 is 2.33 bits per heavy atom. The van der Waals surface area contributed by atoms with E-state index >= 15 is 0 Å². The number of hydrogen-bond acceptors (Lipinski definition) is 4. The number of anilines is 1. The third-order valence-electron chi connectivity index (χ3n) is 1.48. The van der Waals surface area contributed by atoms with Crippen molar-refractivity contribution in [3.63, 3.8) is 0 Å². The van der Waals surface area contributed by atoms with E-state index in [1.165, 1.54) is 0 Å². The van der Waals surface area contributed by atoms with E-state index in [9.17, 15) is 4.91 Å². The molecule has 0 radical (unpaired) electrons. The summed E-state index contributed by atoms with van der Waals surface area (Å²) in [6.07, 6.45) is 0. The topological polar surface area (TPSA) is 54.4 Å². The first kappa shape index (κ1) is 9.12. The third-order valence-corrected chi connectivity index (χ3v) is 2.08. The molecule has 1 aromatic heterocycles.